The molecule has 2 heterocycles. The van der Waals surface area contributed by atoms with E-state index in [1.165, 1.54) is 24.3 Å². The summed E-state index contributed by atoms with van der Waals surface area (Å²) in [5.74, 6) is 0. The molecule has 0 amide bonds. The topological polar surface area (TPSA) is 97.6 Å². The number of nitrogens with zero attached hydrogens (tertiary/aromatic N) is 5. The largest absolute Gasteiger partial charge is 0.416 e. The van der Waals surface area contributed by atoms with Crippen LogP contribution in [0, 0.1) is 21.4 Å². The molecule has 2 aromatic heterocycles. The number of pyridine rings is 1. The van der Waals surface area contributed by atoms with Gasteiger partial charge in [0.2, 0.25) is 0 Å². The molecule has 10 heteroatoms. The Morgan fingerprint density at radius 1 is 0.868 bits per heavy atom. The summed E-state index contributed by atoms with van der Waals surface area (Å²) in [4.78, 5) is 14.9. The Kier molecular flexibility index (Phi) is 6.18. The molecule has 0 spiro atoms. The van der Waals surface area contributed by atoms with Gasteiger partial charge in [-0.15, -0.1) is 0 Å². The lowest BCUT2D eigenvalue weighted by molar-refractivity contribution is -0.384. The average Bonchev–Trinajstić information content (AvgIpc) is 3.34. The molecule has 0 atom stereocenters. The van der Waals surface area contributed by atoms with Crippen molar-refractivity contribution < 1.29 is 18.1 Å². The second-order valence-corrected chi connectivity index (χ2v) is 8.26. The Morgan fingerprint density at radius 2 is 1.53 bits per heavy atom. The van der Waals surface area contributed by atoms with Crippen LogP contribution in [0.5, 0.6) is 0 Å². The number of hydrogen-bond donors (Lipinski definition) is 0. The molecular formula is C28H16F3N5O2. The highest BCUT2D eigenvalue weighted by Gasteiger charge is 2.31. The van der Waals surface area contributed by atoms with Crippen LogP contribution in [0.4, 0.5) is 18.9 Å². The summed E-state index contributed by atoms with van der Waals surface area (Å²) in [7, 11) is 0. The fourth-order valence-electron chi connectivity index (χ4n) is 4.09. The van der Waals surface area contributed by atoms with Crippen LogP contribution in [0.2, 0.25) is 0 Å². The third kappa shape index (κ3) is 4.60. The summed E-state index contributed by atoms with van der Waals surface area (Å²) in [6, 6.07) is 22.9. The lowest BCUT2D eigenvalue weighted by atomic mass is 9.96. The molecule has 3 aromatic carbocycles. The van der Waals surface area contributed by atoms with Gasteiger partial charge in [0.1, 0.15) is 5.69 Å². The molecule has 7 nitrogen and oxygen atoms in total. The molecular weight excluding hydrogens is 495 g/mol. The normalized spacial score (nSPS) is 11.2. The Morgan fingerprint density at radius 3 is 2.08 bits per heavy atom. The van der Waals surface area contributed by atoms with E-state index in [2.05, 4.69) is 11.1 Å². The van der Waals surface area contributed by atoms with E-state index in [4.69, 9.17) is 5.10 Å². The molecule has 0 saturated carbocycles. The predicted molar refractivity (Wildman–Crippen MR) is 134 cm³/mol. The highest BCUT2D eigenvalue weighted by Crippen LogP contribution is 2.42. The average molecular weight is 511 g/mol. The fraction of sp³-hybridized carbons (Fsp3) is 0.0357. The van der Waals surface area contributed by atoms with Crippen molar-refractivity contribution in [1.29, 1.82) is 5.26 Å². The standard InChI is InChI=1S/C28H16F3N5O2/c29-28(30,31)22-9-7-19(8-10-22)26-25(21-2-1-15-33-17-21)27(20-5-3-18(16-32)4-6-20)35(34-26)23-11-13-24(14-12-23)36(37)38/h1-15,17H. The number of nitro benzene ring substituents is 1. The van der Waals surface area contributed by atoms with Gasteiger partial charge in [0.25, 0.3) is 5.69 Å². The first-order chi connectivity index (χ1) is 18.3. The van der Waals surface area contributed by atoms with Gasteiger partial charge < -0.3 is 0 Å². The maximum absolute atomic E-state index is 13.2. The van der Waals surface area contributed by atoms with E-state index in [1.54, 1.807) is 59.5 Å². The van der Waals surface area contributed by atoms with E-state index in [0.29, 0.717) is 44.9 Å². The molecule has 0 radical (unpaired) electrons. The molecule has 0 bridgehead atoms. The van der Waals surface area contributed by atoms with Gasteiger partial charge in [-0.2, -0.15) is 23.5 Å². The van der Waals surface area contributed by atoms with Gasteiger partial charge in [0, 0.05) is 46.8 Å². The van der Waals surface area contributed by atoms with Gasteiger partial charge in [-0.05, 0) is 42.5 Å². The summed E-state index contributed by atoms with van der Waals surface area (Å²) in [5.41, 5.74) is 3.40. The third-order valence-corrected chi connectivity index (χ3v) is 5.91. The molecule has 5 rings (SSSR count). The summed E-state index contributed by atoms with van der Waals surface area (Å²) >= 11 is 0. The number of hydrogen-bond acceptors (Lipinski definition) is 5. The fourth-order valence-corrected chi connectivity index (χ4v) is 4.09. The number of halogens is 3. The first kappa shape index (κ1) is 24.4. The van der Waals surface area contributed by atoms with Crippen LogP contribution >= 0.6 is 0 Å². The number of nitriles is 1. The number of nitro groups is 1. The highest BCUT2D eigenvalue weighted by molar-refractivity contribution is 5.92. The SMILES string of the molecule is N#Cc1ccc(-c2c(-c3cccnc3)c(-c3ccc(C(F)(F)F)cc3)nn2-c2ccc([N+](=O)[O-])cc2)cc1. The van der Waals surface area contributed by atoms with Crippen molar-refractivity contribution in [2.75, 3.05) is 0 Å². The van der Waals surface area contributed by atoms with Crippen molar-refractivity contribution in [1.82, 2.24) is 14.8 Å². The quantitative estimate of drug-likeness (QED) is 0.186. The summed E-state index contributed by atoms with van der Waals surface area (Å²) < 4.78 is 41.3. The summed E-state index contributed by atoms with van der Waals surface area (Å²) in [5, 5.41) is 25.2. The van der Waals surface area contributed by atoms with E-state index in [9.17, 15) is 28.5 Å². The number of rotatable bonds is 5. The molecule has 5 aromatic rings. The smallest absolute Gasteiger partial charge is 0.264 e. The van der Waals surface area contributed by atoms with Crippen LogP contribution in [0.25, 0.3) is 39.3 Å². The minimum absolute atomic E-state index is 0.101. The number of aromatic nitrogens is 3. The van der Waals surface area contributed by atoms with Crippen LogP contribution in [0.1, 0.15) is 11.1 Å². The first-order valence-corrected chi connectivity index (χ1v) is 11.2. The zero-order chi connectivity index (χ0) is 26.9. The zero-order valence-electron chi connectivity index (χ0n) is 19.4. The van der Waals surface area contributed by atoms with Gasteiger partial charge in [-0.25, -0.2) is 4.68 Å². The molecule has 0 fully saturated rings. The monoisotopic (exact) mass is 511 g/mol. The lowest BCUT2D eigenvalue weighted by Gasteiger charge is -2.11. The highest BCUT2D eigenvalue weighted by atomic mass is 19.4. The Hall–Kier alpha value is -5.30. The van der Waals surface area contributed by atoms with Gasteiger partial charge in [0.15, 0.2) is 0 Å². The molecule has 0 saturated heterocycles. The minimum atomic E-state index is -4.49. The maximum atomic E-state index is 13.2. The predicted octanol–water partition coefficient (Wildman–Crippen LogP) is 7.07. The van der Waals surface area contributed by atoms with Crippen LogP contribution < -0.4 is 0 Å². The maximum Gasteiger partial charge on any atom is 0.416 e. The van der Waals surface area contributed by atoms with Crippen LogP contribution in [0.15, 0.2) is 97.3 Å². The van der Waals surface area contributed by atoms with E-state index in [-0.39, 0.29) is 5.69 Å². The van der Waals surface area contributed by atoms with Crippen molar-refractivity contribution in [2.45, 2.75) is 6.18 Å². The van der Waals surface area contributed by atoms with Gasteiger partial charge in [-0.3, -0.25) is 15.1 Å². The second-order valence-electron chi connectivity index (χ2n) is 8.26. The van der Waals surface area contributed by atoms with Crippen molar-refractivity contribution >= 4 is 5.69 Å². The zero-order valence-corrected chi connectivity index (χ0v) is 19.4. The third-order valence-electron chi connectivity index (χ3n) is 5.91. The Labute approximate surface area is 214 Å². The van der Waals surface area contributed by atoms with E-state index in [1.807, 2.05) is 6.07 Å². The molecule has 186 valence electrons. The summed E-state index contributed by atoms with van der Waals surface area (Å²) in [6.45, 7) is 0. The molecule has 0 N–H and O–H groups in total. The van der Waals surface area contributed by atoms with Gasteiger partial charge in [0.05, 0.1) is 33.5 Å². The molecule has 0 unspecified atom stereocenters. The van der Waals surface area contributed by atoms with Crippen molar-refractivity contribution in [3.05, 3.63) is 119 Å². The van der Waals surface area contributed by atoms with Crippen molar-refractivity contribution in [3.8, 4) is 45.4 Å². The number of non-ortho nitro benzene ring substituents is 1. The van der Waals surface area contributed by atoms with Crippen LogP contribution in [-0.2, 0) is 6.18 Å². The lowest BCUT2D eigenvalue weighted by Crippen LogP contribution is -2.04. The van der Waals surface area contributed by atoms with E-state index >= 15 is 0 Å². The Bertz CT molecular complexity index is 1650. The molecule has 38 heavy (non-hydrogen) atoms. The van der Waals surface area contributed by atoms with Crippen LogP contribution in [0.3, 0.4) is 0 Å². The van der Waals surface area contributed by atoms with Crippen LogP contribution in [-0.4, -0.2) is 19.7 Å². The summed E-state index contributed by atoms with van der Waals surface area (Å²) in [6.07, 6.45) is -1.27. The van der Waals surface area contributed by atoms with Gasteiger partial charge in [-0.1, -0.05) is 30.3 Å². The van der Waals surface area contributed by atoms with Crippen molar-refractivity contribution in [2.24, 2.45) is 0 Å². The number of benzene rings is 3. The Balaban J connectivity index is 1.81. The molecule has 0 aliphatic heterocycles. The first-order valence-electron chi connectivity index (χ1n) is 11.2. The molecule has 0 aliphatic rings. The second kappa shape index (κ2) is 9.63. The van der Waals surface area contributed by atoms with E-state index < -0.39 is 16.7 Å². The van der Waals surface area contributed by atoms with E-state index in [0.717, 1.165) is 12.1 Å². The van der Waals surface area contributed by atoms with Gasteiger partial charge >= 0.3 is 6.18 Å². The minimum Gasteiger partial charge on any atom is -0.264 e. The number of alkyl halides is 3. The van der Waals surface area contributed by atoms with Crippen molar-refractivity contribution in [3.63, 3.8) is 0 Å². The molecule has 0 aliphatic carbocycles.